The molecular weight excluding hydrogens is 345 g/mol. The average Bonchev–Trinajstić information content (AvgIpc) is 2.38. The number of morpholine rings is 1. The monoisotopic (exact) mass is 361 g/mol. The van der Waals surface area contributed by atoms with Crippen LogP contribution in [-0.2, 0) is 4.74 Å². The molecule has 0 unspecified atom stereocenters. The van der Waals surface area contributed by atoms with E-state index in [4.69, 9.17) is 9.47 Å². The van der Waals surface area contributed by atoms with E-state index in [9.17, 15) is 4.79 Å². The third-order valence-corrected chi connectivity index (χ3v) is 3.82. The van der Waals surface area contributed by atoms with Crippen molar-refractivity contribution in [3.63, 3.8) is 0 Å². The van der Waals surface area contributed by atoms with Gasteiger partial charge in [0.2, 0.25) is 0 Å². The topological polar surface area (TPSA) is 38.8 Å². The van der Waals surface area contributed by atoms with Gasteiger partial charge in [0, 0.05) is 18.7 Å². The molecule has 0 spiro atoms. The van der Waals surface area contributed by atoms with Gasteiger partial charge >= 0.3 is 0 Å². The normalized spacial score (nSPS) is 19.7. The second kappa shape index (κ2) is 5.88. The number of nitrogens with zero attached hydrogens (tertiary/aromatic N) is 1. The number of benzene rings is 1. The van der Waals surface area contributed by atoms with Crippen LogP contribution in [0.25, 0.3) is 0 Å². The van der Waals surface area contributed by atoms with Crippen LogP contribution in [0.15, 0.2) is 18.2 Å². The number of methoxy groups -OCH3 is 1. The van der Waals surface area contributed by atoms with E-state index in [0.29, 0.717) is 25.3 Å². The molecule has 0 N–H and O–H groups in total. The molecule has 0 bridgehead atoms. The number of rotatable bonds is 2. The van der Waals surface area contributed by atoms with Crippen molar-refractivity contribution in [2.75, 3.05) is 26.8 Å². The van der Waals surface area contributed by atoms with Gasteiger partial charge in [0.1, 0.15) is 5.75 Å². The van der Waals surface area contributed by atoms with Crippen molar-refractivity contribution in [1.29, 1.82) is 0 Å². The van der Waals surface area contributed by atoms with E-state index in [1.165, 1.54) is 0 Å². The Morgan fingerprint density at radius 3 is 3.00 bits per heavy atom. The Bertz CT molecular complexity index is 450. The van der Waals surface area contributed by atoms with E-state index >= 15 is 0 Å². The van der Waals surface area contributed by atoms with Crippen LogP contribution in [-0.4, -0.2) is 43.7 Å². The molecule has 1 heterocycles. The van der Waals surface area contributed by atoms with E-state index in [2.05, 4.69) is 22.6 Å². The fraction of sp³-hybridized carbons (Fsp3) is 0.462. The fourth-order valence-corrected chi connectivity index (χ4v) is 2.53. The number of carbonyl (C=O) groups is 1. The van der Waals surface area contributed by atoms with Gasteiger partial charge < -0.3 is 14.4 Å². The van der Waals surface area contributed by atoms with Gasteiger partial charge in [-0.3, -0.25) is 4.79 Å². The summed E-state index contributed by atoms with van der Waals surface area (Å²) in [6.07, 6.45) is 0.105. The van der Waals surface area contributed by atoms with E-state index in [1.807, 2.05) is 24.0 Å². The van der Waals surface area contributed by atoms with Crippen LogP contribution < -0.4 is 4.74 Å². The van der Waals surface area contributed by atoms with Crippen molar-refractivity contribution in [1.82, 2.24) is 4.90 Å². The smallest absolute Gasteiger partial charge is 0.254 e. The highest BCUT2D eigenvalue weighted by Crippen LogP contribution is 2.23. The third kappa shape index (κ3) is 2.95. The lowest BCUT2D eigenvalue weighted by molar-refractivity contribution is -0.0124. The molecule has 2 rings (SSSR count). The summed E-state index contributed by atoms with van der Waals surface area (Å²) in [5.41, 5.74) is 0.668. The Morgan fingerprint density at radius 1 is 1.56 bits per heavy atom. The molecule has 0 aliphatic carbocycles. The van der Waals surface area contributed by atoms with Crippen LogP contribution in [0, 0.1) is 3.57 Å². The highest BCUT2D eigenvalue weighted by Gasteiger charge is 2.22. The molecule has 1 aromatic carbocycles. The summed E-state index contributed by atoms with van der Waals surface area (Å²) in [4.78, 5) is 14.2. The minimum Gasteiger partial charge on any atom is -0.496 e. The number of halogens is 1. The van der Waals surface area contributed by atoms with Gasteiger partial charge in [0.15, 0.2) is 0 Å². The average molecular weight is 361 g/mol. The maximum atomic E-state index is 12.3. The number of hydrogen-bond donors (Lipinski definition) is 0. The molecule has 98 valence electrons. The fourth-order valence-electron chi connectivity index (χ4n) is 1.98. The standard InChI is InChI=1S/C13H16INO3/c1-9-8-15(5-6-18-9)13(16)10-3-4-11(14)12(7-10)17-2/h3-4,7,9H,5-6,8H2,1-2H3/t9-/m1/s1. The Labute approximate surface area is 120 Å². The van der Waals surface area contributed by atoms with Crippen molar-refractivity contribution >= 4 is 28.5 Å². The zero-order chi connectivity index (χ0) is 13.1. The molecule has 1 aromatic rings. The van der Waals surface area contributed by atoms with Crippen molar-refractivity contribution in [2.45, 2.75) is 13.0 Å². The Hall–Kier alpha value is -0.820. The van der Waals surface area contributed by atoms with Gasteiger partial charge in [-0.05, 0) is 47.7 Å². The zero-order valence-electron chi connectivity index (χ0n) is 10.5. The molecule has 1 aliphatic heterocycles. The minimum atomic E-state index is 0.0415. The molecule has 0 aromatic heterocycles. The molecule has 0 radical (unpaired) electrons. The lowest BCUT2D eigenvalue weighted by Gasteiger charge is -2.31. The number of ether oxygens (including phenoxy) is 2. The lowest BCUT2D eigenvalue weighted by Crippen LogP contribution is -2.44. The third-order valence-electron chi connectivity index (χ3n) is 2.93. The molecule has 1 aliphatic rings. The first-order valence-electron chi connectivity index (χ1n) is 5.86. The van der Waals surface area contributed by atoms with Crippen molar-refractivity contribution < 1.29 is 14.3 Å². The summed E-state index contributed by atoms with van der Waals surface area (Å²) >= 11 is 2.19. The highest BCUT2D eigenvalue weighted by atomic mass is 127. The number of hydrogen-bond acceptors (Lipinski definition) is 3. The van der Waals surface area contributed by atoms with Crippen LogP contribution in [0.3, 0.4) is 0 Å². The van der Waals surface area contributed by atoms with Crippen LogP contribution in [0.5, 0.6) is 5.75 Å². The van der Waals surface area contributed by atoms with E-state index in [0.717, 1.165) is 9.32 Å². The SMILES string of the molecule is COc1cc(C(=O)N2CCO[C@H](C)C2)ccc1I. The molecule has 1 atom stereocenters. The summed E-state index contributed by atoms with van der Waals surface area (Å²) < 4.78 is 11.7. The van der Waals surface area contributed by atoms with Gasteiger partial charge in [0.05, 0.1) is 23.4 Å². The van der Waals surface area contributed by atoms with Crippen LogP contribution in [0.1, 0.15) is 17.3 Å². The van der Waals surface area contributed by atoms with Crippen molar-refractivity contribution in [3.8, 4) is 5.75 Å². The van der Waals surface area contributed by atoms with Crippen molar-refractivity contribution in [3.05, 3.63) is 27.3 Å². The van der Waals surface area contributed by atoms with E-state index in [1.54, 1.807) is 13.2 Å². The highest BCUT2D eigenvalue weighted by molar-refractivity contribution is 14.1. The first kappa shape index (κ1) is 13.6. The Balaban J connectivity index is 2.17. The van der Waals surface area contributed by atoms with Gasteiger partial charge in [-0.1, -0.05) is 0 Å². The predicted octanol–water partition coefficient (Wildman–Crippen LogP) is 2.16. The number of carbonyl (C=O) groups excluding carboxylic acids is 1. The van der Waals surface area contributed by atoms with Gasteiger partial charge in [-0.15, -0.1) is 0 Å². The first-order chi connectivity index (χ1) is 8.61. The molecule has 0 saturated carbocycles. The minimum absolute atomic E-state index is 0.0415. The van der Waals surface area contributed by atoms with Crippen LogP contribution in [0.2, 0.25) is 0 Å². The largest absolute Gasteiger partial charge is 0.496 e. The van der Waals surface area contributed by atoms with Gasteiger partial charge in [0.25, 0.3) is 5.91 Å². The summed E-state index contributed by atoms with van der Waals surface area (Å²) in [5, 5.41) is 0. The Kier molecular flexibility index (Phi) is 4.45. The lowest BCUT2D eigenvalue weighted by atomic mass is 10.1. The Morgan fingerprint density at radius 2 is 2.33 bits per heavy atom. The van der Waals surface area contributed by atoms with Gasteiger partial charge in [-0.25, -0.2) is 0 Å². The predicted molar refractivity (Wildman–Crippen MR) is 77.0 cm³/mol. The van der Waals surface area contributed by atoms with Crippen LogP contribution >= 0.6 is 22.6 Å². The summed E-state index contributed by atoms with van der Waals surface area (Å²) in [6, 6.07) is 5.54. The quantitative estimate of drug-likeness (QED) is 0.758. The summed E-state index contributed by atoms with van der Waals surface area (Å²) in [6.45, 7) is 3.88. The molecule has 1 amide bonds. The molecule has 18 heavy (non-hydrogen) atoms. The second-order valence-electron chi connectivity index (χ2n) is 4.28. The second-order valence-corrected chi connectivity index (χ2v) is 5.44. The molecular formula is C13H16INO3. The number of amides is 1. The molecule has 1 saturated heterocycles. The maximum absolute atomic E-state index is 12.3. The zero-order valence-corrected chi connectivity index (χ0v) is 12.6. The maximum Gasteiger partial charge on any atom is 0.254 e. The van der Waals surface area contributed by atoms with Crippen LogP contribution in [0.4, 0.5) is 0 Å². The first-order valence-corrected chi connectivity index (χ1v) is 6.94. The summed E-state index contributed by atoms with van der Waals surface area (Å²) in [5.74, 6) is 0.780. The molecule has 5 heteroatoms. The van der Waals surface area contributed by atoms with E-state index < -0.39 is 0 Å². The molecule has 1 fully saturated rings. The molecule has 4 nitrogen and oxygen atoms in total. The summed E-state index contributed by atoms with van der Waals surface area (Å²) in [7, 11) is 1.61. The van der Waals surface area contributed by atoms with Crippen molar-refractivity contribution in [2.24, 2.45) is 0 Å². The van der Waals surface area contributed by atoms with E-state index in [-0.39, 0.29) is 12.0 Å². The van der Waals surface area contributed by atoms with Gasteiger partial charge in [-0.2, -0.15) is 0 Å².